The molecule has 0 spiro atoms. The molecule has 0 aromatic heterocycles. The third-order valence-corrected chi connectivity index (χ3v) is 8.07. The molecule has 0 radical (unpaired) electrons. The van der Waals surface area contributed by atoms with Crippen LogP contribution in [0.4, 0.5) is 0 Å². The lowest BCUT2D eigenvalue weighted by Crippen LogP contribution is -2.49. The predicted molar refractivity (Wildman–Crippen MR) is 95.0 cm³/mol. The van der Waals surface area contributed by atoms with Gasteiger partial charge in [0, 0.05) is 17.3 Å². The number of rotatable bonds is 0. The van der Waals surface area contributed by atoms with Crippen LogP contribution in [-0.4, -0.2) is 5.78 Å². The van der Waals surface area contributed by atoms with Crippen molar-refractivity contribution in [1.82, 2.24) is 0 Å². The van der Waals surface area contributed by atoms with E-state index in [2.05, 4.69) is 46.8 Å². The van der Waals surface area contributed by atoms with Gasteiger partial charge in [-0.15, -0.1) is 0 Å². The highest BCUT2D eigenvalue weighted by Gasteiger charge is 2.58. The third kappa shape index (κ3) is 1.83. The SMILES string of the molecule is CC1=C(C)C2=C(C)C[C@@H]3[C@H](CC[C@]4(C)C(=O)CC[C@@H]34)[C@@]2(C)C=C1. The van der Waals surface area contributed by atoms with Gasteiger partial charge in [-0.05, 0) is 80.9 Å². The molecular weight excluding hydrogens is 280 g/mol. The number of ketones is 1. The van der Waals surface area contributed by atoms with Crippen molar-refractivity contribution in [2.45, 2.75) is 66.7 Å². The summed E-state index contributed by atoms with van der Waals surface area (Å²) in [6.07, 6.45) is 10.3. The predicted octanol–water partition coefficient (Wildman–Crippen LogP) is 5.63. The molecule has 4 rings (SSSR count). The lowest BCUT2D eigenvalue weighted by molar-refractivity contribution is -0.131. The van der Waals surface area contributed by atoms with Gasteiger partial charge in [0.15, 0.2) is 0 Å². The molecule has 0 aromatic carbocycles. The fourth-order valence-corrected chi connectivity index (χ4v) is 6.74. The summed E-state index contributed by atoms with van der Waals surface area (Å²) in [6, 6.07) is 0. The molecule has 0 heterocycles. The van der Waals surface area contributed by atoms with Gasteiger partial charge in [-0.25, -0.2) is 0 Å². The van der Waals surface area contributed by atoms with Gasteiger partial charge < -0.3 is 0 Å². The summed E-state index contributed by atoms with van der Waals surface area (Å²) in [5, 5.41) is 0. The molecule has 0 saturated heterocycles. The minimum atomic E-state index is -0.0194. The van der Waals surface area contributed by atoms with Crippen molar-refractivity contribution < 1.29 is 4.79 Å². The fraction of sp³-hybridized carbons (Fsp3) is 0.682. The Morgan fingerprint density at radius 2 is 1.83 bits per heavy atom. The zero-order valence-corrected chi connectivity index (χ0v) is 15.3. The van der Waals surface area contributed by atoms with Crippen LogP contribution in [0.1, 0.15) is 66.7 Å². The van der Waals surface area contributed by atoms with E-state index in [9.17, 15) is 4.79 Å². The lowest BCUT2D eigenvalue weighted by atomic mass is 9.48. The van der Waals surface area contributed by atoms with Crippen LogP contribution in [0.25, 0.3) is 0 Å². The summed E-state index contributed by atoms with van der Waals surface area (Å²) in [7, 11) is 0. The second-order valence-electron chi connectivity index (χ2n) is 9.08. The van der Waals surface area contributed by atoms with Crippen molar-refractivity contribution in [3.8, 4) is 0 Å². The molecule has 2 saturated carbocycles. The molecule has 4 aliphatic rings. The van der Waals surface area contributed by atoms with E-state index in [0.29, 0.717) is 23.5 Å². The molecule has 5 atom stereocenters. The van der Waals surface area contributed by atoms with Crippen LogP contribution in [0.3, 0.4) is 0 Å². The van der Waals surface area contributed by atoms with Gasteiger partial charge in [-0.3, -0.25) is 4.79 Å². The topological polar surface area (TPSA) is 17.1 Å². The van der Waals surface area contributed by atoms with Gasteiger partial charge in [0.25, 0.3) is 0 Å². The number of allylic oxidation sites excluding steroid dienone is 6. The molecule has 23 heavy (non-hydrogen) atoms. The van der Waals surface area contributed by atoms with Crippen LogP contribution in [-0.2, 0) is 4.79 Å². The quantitative estimate of drug-likeness (QED) is 0.566. The average Bonchev–Trinajstić information content (AvgIpc) is 2.79. The maximum atomic E-state index is 12.5. The van der Waals surface area contributed by atoms with Crippen LogP contribution in [0.15, 0.2) is 34.4 Å². The van der Waals surface area contributed by atoms with E-state index >= 15 is 0 Å². The molecule has 0 amide bonds. The van der Waals surface area contributed by atoms with E-state index in [4.69, 9.17) is 0 Å². The first-order chi connectivity index (χ1) is 10.8. The standard InChI is InChI=1S/C22H30O/c1-13-8-10-22(5)18-9-11-21(4)17(6-7-19(21)23)16(18)12-14(2)20(22)15(13)3/h8,10,16-18H,6-7,9,11-12H2,1-5H3/t16-,17-,18-,21-,22+/m0/s1. The van der Waals surface area contributed by atoms with Crippen molar-refractivity contribution in [2.24, 2.45) is 28.6 Å². The number of carbonyl (C=O) groups excluding carboxylic acids is 1. The largest absolute Gasteiger partial charge is 0.299 e. The fourth-order valence-electron chi connectivity index (χ4n) is 6.74. The lowest BCUT2D eigenvalue weighted by Gasteiger charge is -2.56. The van der Waals surface area contributed by atoms with Crippen LogP contribution < -0.4 is 0 Å². The van der Waals surface area contributed by atoms with Crippen LogP contribution >= 0.6 is 0 Å². The summed E-state index contributed by atoms with van der Waals surface area (Å²) in [5.41, 5.74) is 6.29. The zero-order valence-electron chi connectivity index (χ0n) is 15.3. The Bertz CT molecular complexity index is 676. The maximum absolute atomic E-state index is 12.5. The highest BCUT2D eigenvalue weighted by molar-refractivity contribution is 5.87. The molecule has 0 aromatic rings. The number of carbonyl (C=O) groups is 1. The van der Waals surface area contributed by atoms with Crippen molar-refractivity contribution >= 4 is 5.78 Å². The molecular formula is C22H30O. The van der Waals surface area contributed by atoms with E-state index < -0.39 is 0 Å². The molecule has 4 aliphatic carbocycles. The molecule has 2 fully saturated rings. The molecule has 124 valence electrons. The monoisotopic (exact) mass is 310 g/mol. The van der Waals surface area contributed by atoms with E-state index in [1.165, 1.54) is 24.0 Å². The molecule has 0 N–H and O–H groups in total. The van der Waals surface area contributed by atoms with Gasteiger partial charge in [-0.1, -0.05) is 31.6 Å². The molecule has 1 nitrogen and oxygen atoms in total. The Morgan fingerprint density at radius 3 is 2.57 bits per heavy atom. The van der Waals surface area contributed by atoms with Gasteiger partial charge in [0.2, 0.25) is 0 Å². The van der Waals surface area contributed by atoms with Crippen molar-refractivity contribution in [2.75, 3.05) is 0 Å². The van der Waals surface area contributed by atoms with Crippen molar-refractivity contribution in [3.63, 3.8) is 0 Å². The Balaban J connectivity index is 1.82. The van der Waals surface area contributed by atoms with Gasteiger partial charge in [-0.2, -0.15) is 0 Å². The van der Waals surface area contributed by atoms with Crippen LogP contribution in [0.5, 0.6) is 0 Å². The molecule has 0 unspecified atom stereocenters. The first-order valence-corrected chi connectivity index (χ1v) is 9.39. The highest BCUT2D eigenvalue weighted by Crippen LogP contribution is 2.64. The zero-order chi connectivity index (χ0) is 16.6. The minimum Gasteiger partial charge on any atom is -0.299 e. The maximum Gasteiger partial charge on any atom is 0.139 e. The second-order valence-corrected chi connectivity index (χ2v) is 9.08. The Kier molecular flexibility index (Phi) is 3.16. The summed E-state index contributed by atoms with van der Waals surface area (Å²) < 4.78 is 0. The van der Waals surface area contributed by atoms with E-state index in [1.54, 1.807) is 11.1 Å². The highest BCUT2D eigenvalue weighted by atomic mass is 16.1. The van der Waals surface area contributed by atoms with Crippen molar-refractivity contribution in [3.05, 3.63) is 34.4 Å². The van der Waals surface area contributed by atoms with Gasteiger partial charge in [0.1, 0.15) is 5.78 Å². The number of hydrogen-bond acceptors (Lipinski definition) is 1. The Morgan fingerprint density at radius 1 is 1.09 bits per heavy atom. The molecule has 0 bridgehead atoms. The normalized spacial score (nSPS) is 46.0. The number of hydrogen-bond donors (Lipinski definition) is 0. The first kappa shape index (κ1) is 15.4. The van der Waals surface area contributed by atoms with Gasteiger partial charge in [0.05, 0.1) is 0 Å². The summed E-state index contributed by atoms with van der Waals surface area (Å²) >= 11 is 0. The second kappa shape index (κ2) is 4.71. The van der Waals surface area contributed by atoms with E-state index in [-0.39, 0.29) is 10.8 Å². The van der Waals surface area contributed by atoms with Crippen LogP contribution in [0.2, 0.25) is 0 Å². The summed E-state index contributed by atoms with van der Waals surface area (Å²) in [6.45, 7) is 11.6. The average molecular weight is 310 g/mol. The summed E-state index contributed by atoms with van der Waals surface area (Å²) in [4.78, 5) is 12.5. The minimum absolute atomic E-state index is 0.0194. The summed E-state index contributed by atoms with van der Waals surface area (Å²) in [5.74, 6) is 2.57. The van der Waals surface area contributed by atoms with Gasteiger partial charge >= 0.3 is 0 Å². The molecule has 1 heteroatoms. The number of Topliss-reactive ketones (excluding diaryl/α,β-unsaturated/α-hetero) is 1. The van der Waals surface area contributed by atoms with E-state index in [0.717, 1.165) is 19.3 Å². The van der Waals surface area contributed by atoms with E-state index in [1.807, 2.05) is 0 Å². The van der Waals surface area contributed by atoms with Crippen molar-refractivity contribution in [1.29, 1.82) is 0 Å². The Labute approximate surface area is 140 Å². The van der Waals surface area contributed by atoms with Crippen LogP contribution in [0, 0.1) is 28.6 Å². The number of fused-ring (bicyclic) bond motifs is 5. The smallest absolute Gasteiger partial charge is 0.139 e. The first-order valence-electron chi connectivity index (χ1n) is 9.39. The Hall–Kier alpha value is -1.11. The molecule has 0 aliphatic heterocycles. The third-order valence-electron chi connectivity index (χ3n) is 8.07.